The highest BCUT2D eigenvalue weighted by molar-refractivity contribution is 6.06. The summed E-state index contributed by atoms with van der Waals surface area (Å²) in [6.45, 7) is 5.29. The average Bonchev–Trinajstić information content (AvgIpc) is 3.07. The Kier molecular flexibility index (Phi) is 6.12. The van der Waals surface area contributed by atoms with Gasteiger partial charge in [-0.25, -0.2) is 19.1 Å². The number of para-hydroxylation sites is 1. The minimum atomic E-state index is -0.621. The summed E-state index contributed by atoms with van der Waals surface area (Å²) in [4.78, 5) is 39.8. The van der Waals surface area contributed by atoms with Crippen LogP contribution in [0.15, 0.2) is 42.9 Å². The maximum atomic E-state index is 12.1. The van der Waals surface area contributed by atoms with Crippen LogP contribution >= 0.6 is 0 Å². The summed E-state index contributed by atoms with van der Waals surface area (Å²) >= 11 is 0. The Bertz CT molecular complexity index is 877. The number of hydrogen-bond donors (Lipinski definition) is 1. The van der Waals surface area contributed by atoms with E-state index in [1.165, 1.54) is 36.4 Å². The molecule has 0 saturated carbocycles. The Morgan fingerprint density at radius 2 is 1.89 bits per heavy atom. The van der Waals surface area contributed by atoms with Crippen LogP contribution in [0.2, 0.25) is 0 Å². The first-order valence-corrected chi connectivity index (χ1v) is 8.13. The molecule has 142 valence electrons. The van der Waals surface area contributed by atoms with Crippen LogP contribution in [-0.2, 0) is 14.3 Å². The number of ether oxygens (including phenoxy) is 2. The Morgan fingerprint density at radius 3 is 2.56 bits per heavy atom. The molecule has 27 heavy (non-hydrogen) atoms. The number of anilines is 1. The number of methoxy groups -OCH3 is 1. The van der Waals surface area contributed by atoms with Gasteiger partial charge in [-0.2, -0.15) is 0 Å². The number of carbonyl (C=O) groups excluding carboxylic acids is 3. The molecule has 2 aromatic rings. The second-order valence-electron chi connectivity index (χ2n) is 6.55. The quantitative estimate of drug-likeness (QED) is 0.655. The zero-order chi connectivity index (χ0) is 20.0. The van der Waals surface area contributed by atoms with E-state index < -0.39 is 23.6 Å². The van der Waals surface area contributed by atoms with Crippen molar-refractivity contribution < 1.29 is 23.9 Å². The molecule has 1 N–H and O–H groups in total. The van der Waals surface area contributed by atoms with Crippen molar-refractivity contribution in [2.45, 2.75) is 26.4 Å². The van der Waals surface area contributed by atoms with Gasteiger partial charge in [0, 0.05) is 12.3 Å². The van der Waals surface area contributed by atoms with Crippen molar-refractivity contribution in [1.29, 1.82) is 0 Å². The second-order valence-corrected chi connectivity index (χ2v) is 6.55. The predicted molar refractivity (Wildman–Crippen MR) is 99.3 cm³/mol. The molecule has 1 aromatic carbocycles. The molecule has 0 radical (unpaired) electrons. The normalized spacial score (nSPS) is 11.3. The van der Waals surface area contributed by atoms with E-state index in [0.29, 0.717) is 11.4 Å². The highest BCUT2D eigenvalue weighted by atomic mass is 16.6. The summed E-state index contributed by atoms with van der Waals surface area (Å²) < 4.78 is 11.1. The number of rotatable bonds is 4. The number of nitrogens with zero attached hydrogens (tertiary/aromatic N) is 2. The Morgan fingerprint density at radius 1 is 1.19 bits per heavy atom. The molecule has 0 atom stereocenters. The van der Waals surface area contributed by atoms with Crippen LogP contribution < -0.4 is 5.32 Å². The Hall–Kier alpha value is -3.42. The summed E-state index contributed by atoms with van der Waals surface area (Å²) in [6, 6.07) is 6.50. The van der Waals surface area contributed by atoms with Crippen LogP contribution in [0, 0.1) is 0 Å². The van der Waals surface area contributed by atoms with Crippen molar-refractivity contribution in [3.05, 3.63) is 54.1 Å². The SMILES string of the molecule is COC(=O)c1ccccc1NC(=O)/C=C/c1cn(C(=O)OC(C)(C)C)cn1. The summed E-state index contributed by atoms with van der Waals surface area (Å²) in [5.41, 5.74) is 0.357. The third-order valence-electron chi connectivity index (χ3n) is 3.20. The molecule has 8 heteroatoms. The van der Waals surface area contributed by atoms with Gasteiger partial charge in [0.15, 0.2) is 0 Å². The number of benzene rings is 1. The van der Waals surface area contributed by atoms with Crippen molar-refractivity contribution in [3.8, 4) is 0 Å². The van der Waals surface area contributed by atoms with Gasteiger partial charge in [0.25, 0.3) is 0 Å². The second kappa shape index (κ2) is 8.31. The molecule has 1 amide bonds. The zero-order valence-electron chi connectivity index (χ0n) is 15.6. The number of hydrogen-bond acceptors (Lipinski definition) is 6. The van der Waals surface area contributed by atoms with Crippen molar-refractivity contribution in [3.63, 3.8) is 0 Å². The number of nitrogens with one attached hydrogen (secondary N) is 1. The number of imidazole rings is 1. The zero-order valence-corrected chi connectivity index (χ0v) is 15.6. The topological polar surface area (TPSA) is 99.5 Å². The Labute approximate surface area is 156 Å². The van der Waals surface area contributed by atoms with E-state index >= 15 is 0 Å². The summed E-state index contributed by atoms with van der Waals surface area (Å²) in [5.74, 6) is -1.01. The maximum absolute atomic E-state index is 12.1. The minimum absolute atomic E-state index is 0.246. The molecule has 8 nitrogen and oxygen atoms in total. The lowest BCUT2D eigenvalue weighted by Gasteiger charge is -2.18. The van der Waals surface area contributed by atoms with E-state index in [-0.39, 0.29) is 5.56 Å². The van der Waals surface area contributed by atoms with E-state index in [4.69, 9.17) is 4.74 Å². The van der Waals surface area contributed by atoms with Crippen LogP contribution in [0.25, 0.3) is 6.08 Å². The summed E-state index contributed by atoms with van der Waals surface area (Å²) in [6.07, 6.45) is 4.87. The van der Waals surface area contributed by atoms with Crippen molar-refractivity contribution in [2.75, 3.05) is 12.4 Å². The molecule has 0 fully saturated rings. The first-order valence-electron chi connectivity index (χ1n) is 8.13. The molecule has 1 heterocycles. The van der Waals surface area contributed by atoms with Gasteiger partial charge in [0.2, 0.25) is 5.91 Å². The van der Waals surface area contributed by atoms with Gasteiger partial charge in [-0.05, 0) is 39.0 Å². The van der Waals surface area contributed by atoms with Crippen LogP contribution in [0.1, 0.15) is 36.8 Å². The van der Waals surface area contributed by atoms with Gasteiger partial charge in [-0.3, -0.25) is 4.79 Å². The molecular weight excluding hydrogens is 350 g/mol. The van der Waals surface area contributed by atoms with Crippen molar-refractivity contribution in [2.24, 2.45) is 0 Å². The van der Waals surface area contributed by atoms with Gasteiger partial charge in [-0.15, -0.1) is 0 Å². The van der Waals surface area contributed by atoms with Crippen LogP contribution in [0.3, 0.4) is 0 Å². The lowest BCUT2D eigenvalue weighted by molar-refractivity contribution is -0.111. The van der Waals surface area contributed by atoms with Crippen LogP contribution in [-0.4, -0.2) is 40.2 Å². The molecule has 0 spiro atoms. The molecule has 0 aliphatic heterocycles. The molecule has 0 aliphatic carbocycles. The fraction of sp³-hybridized carbons (Fsp3) is 0.263. The molecule has 0 unspecified atom stereocenters. The van der Waals surface area contributed by atoms with Crippen LogP contribution in [0.4, 0.5) is 10.5 Å². The molecule has 1 aromatic heterocycles. The van der Waals surface area contributed by atoms with E-state index in [0.717, 1.165) is 0 Å². The van der Waals surface area contributed by atoms with E-state index in [1.54, 1.807) is 45.0 Å². The highest BCUT2D eigenvalue weighted by Gasteiger charge is 2.18. The number of amides is 1. The van der Waals surface area contributed by atoms with E-state index in [9.17, 15) is 14.4 Å². The summed E-state index contributed by atoms with van der Waals surface area (Å²) in [5, 5.41) is 2.60. The van der Waals surface area contributed by atoms with Gasteiger partial charge in [0.1, 0.15) is 11.9 Å². The number of aromatic nitrogens is 2. The summed E-state index contributed by atoms with van der Waals surface area (Å²) in [7, 11) is 1.27. The third-order valence-corrected chi connectivity index (χ3v) is 3.20. The van der Waals surface area contributed by atoms with Gasteiger partial charge < -0.3 is 14.8 Å². The van der Waals surface area contributed by atoms with Gasteiger partial charge in [-0.1, -0.05) is 12.1 Å². The lowest BCUT2D eigenvalue weighted by Crippen LogP contribution is -2.26. The first kappa shape index (κ1) is 19.9. The van der Waals surface area contributed by atoms with Crippen LogP contribution in [0.5, 0.6) is 0 Å². The molecule has 0 aliphatic rings. The fourth-order valence-corrected chi connectivity index (χ4v) is 2.05. The smallest absolute Gasteiger partial charge is 0.419 e. The molecule has 0 saturated heterocycles. The lowest BCUT2D eigenvalue weighted by atomic mass is 10.2. The molecule has 2 rings (SSSR count). The largest absolute Gasteiger partial charge is 0.465 e. The third kappa shape index (κ3) is 5.81. The fourth-order valence-electron chi connectivity index (χ4n) is 2.05. The van der Waals surface area contributed by atoms with Gasteiger partial charge >= 0.3 is 12.1 Å². The van der Waals surface area contributed by atoms with Crippen molar-refractivity contribution in [1.82, 2.24) is 9.55 Å². The standard InChI is InChI=1S/C19H21N3O5/c1-19(2,3)27-18(25)22-11-13(20-12-22)9-10-16(23)21-15-8-6-5-7-14(15)17(24)26-4/h5-12H,1-4H3,(H,21,23)/b10-9+. The average molecular weight is 371 g/mol. The first-order chi connectivity index (χ1) is 12.7. The maximum Gasteiger partial charge on any atom is 0.419 e. The minimum Gasteiger partial charge on any atom is -0.465 e. The van der Waals surface area contributed by atoms with Crippen molar-refractivity contribution >= 4 is 29.7 Å². The van der Waals surface area contributed by atoms with E-state index in [1.807, 2.05) is 0 Å². The van der Waals surface area contributed by atoms with E-state index in [2.05, 4.69) is 15.0 Å². The predicted octanol–water partition coefficient (Wildman–Crippen LogP) is 3.10. The molecular formula is C19H21N3O5. The molecule has 0 bridgehead atoms. The monoisotopic (exact) mass is 371 g/mol. The number of esters is 1. The Balaban J connectivity index is 2.04. The van der Waals surface area contributed by atoms with Gasteiger partial charge in [0.05, 0.1) is 24.1 Å². The highest BCUT2D eigenvalue weighted by Crippen LogP contribution is 2.16. The number of carbonyl (C=O) groups is 3.